The summed E-state index contributed by atoms with van der Waals surface area (Å²) in [6, 6.07) is 12.4. The summed E-state index contributed by atoms with van der Waals surface area (Å²) in [4.78, 5) is 16.8. The molecule has 2 aromatic carbocycles. The molecule has 0 unspecified atom stereocenters. The van der Waals surface area contributed by atoms with Crippen LogP contribution in [-0.2, 0) is 19.5 Å². The molecule has 0 aliphatic carbocycles. The van der Waals surface area contributed by atoms with Crippen LogP contribution in [0.1, 0.15) is 16.7 Å². The third-order valence-corrected chi connectivity index (χ3v) is 5.40. The summed E-state index contributed by atoms with van der Waals surface area (Å²) >= 11 is 12.3. The number of hydrogen-bond donors (Lipinski definition) is 0. The van der Waals surface area contributed by atoms with Crippen LogP contribution in [0.15, 0.2) is 54.9 Å². The first-order valence-electron chi connectivity index (χ1n) is 9.04. The lowest BCUT2D eigenvalue weighted by molar-refractivity contribution is -0.384. The molecule has 0 spiro atoms. The van der Waals surface area contributed by atoms with E-state index >= 15 is 0 Å². The van der Waals surface area contributed by atoms with Gasteiger partial charge in [0.05, 0.1) is 15.0 Å². The highest BCUT2D eigenvalue weighted by Gasteiger charge is 2.19. The van der Waals surface area contributed by atoms with Crippen LogP contribution in [0.25, 0.3) is 0 Å². The van der Waals surface area contributed by atoms with Crippen molar-refractivity contribution in [2.24, 2.45) is 0 Å². The second-order valence-corrected chi connectivity index (χ2v) is 7.66. The summed E-state index contributed by atoms with van der Waals surface area (Å²) in [5.74, 6) is 0.818. The average molecular weight is 430 g/mol. The molecule has 8 heteroatoms. The number of nitro groups is 1. The van der Waals surface area contributed by atoms with E-state index in [0.29, 0.717) is 5.75 Å². The molecule has 29 heavy (non-hydrogen) atoms. The van der Waals surface area contributed by atoms with Gasteiger partial charge in [0.25, 0.3) is 5.69 Å². The minimum Gasteiger partial charge on any atom is -0.454 e. The van der Waals surface area contributed by atoms with Crippen molar-refractivity contribution < 1.29 is 9.66 Å². The Bertz CT molecular complexity index is 1040. The second-order valence-electron chi connectivity index (χ2n) is 6.84. The first-order valence-corrected chi connectivity index (χ1v) is 9.79. The Kier molecular flexibility index (Phi) is 5.67. The van der Waals surface area contributed by atoms with E-state index in [-0.39, 0.29) is 21.5 Å². The molecule has 1 aromatic heterocycles. The normalized spacial score (nSPS) is 13.7. The Labute approximate surface area is 177 Å². The van der Waals surface area contributed by atoms with Gasteiger partial charge >= 0.3 is 0 Å². The summed E-state index contributed by atoms with van der Waals surface area (Å²) < 4.78 is 5.86. The fourth-order valence-electron chi connectivity index (χ4n) is 3.40. The number of ether oxygens (including phenoxy) is 1. The monoisotopic (exact) mass is 429 g/mol. The molecule has 148 valence electrons. The predicted molar refractivity (Wildman–Crippen MR) is 112 cm³/mol. The van der Waals surface area contributed by atoms with Crippen molar-refractivity contribution in [2.75, 3.05) is 6.54 Å². The Morgan fingerprint density at radius 3 is 2.48 bits per heavy atom. The van der Waals surface area contributed by atoms with Crippen molar-refractivity contribution in [1.29, 1.82) is 0 Å². The predicted octanol–water partition coefficient (Wildman–Crippen LogP) is 5.65. The maximum Gasteiger partial charge on any atom is 0.272 e. The van der Waals surface area contributed by atoms with Gasteiger partial charge in [-0.2, -0.15) is 0 Å². The van der Waals surface area contributed by atoms with Crippen LogP contribution in [0.2, 0.25) is 10.0 Å². The Morgan fingerprint density at radius 2 is 1.79 bits per heavy atom. The van der Waals surface area contributed by atoms with Gasteiger partial charge in [-0.1, -0.05) is 29.3 Å². The van der Waals surface area contributed by atoms with Crippen LogP contribution < -0.4 is 4.74 Å². The van der Waals surface area contributed by atoms with Crippen molar-refractivity contribution >= 4 is 28.9 Å². The molecule has 4 rings (SSSR count). The molecule has 1 aliphatic heterocycles. The lowest BCUT2D eigenvalue weighted by atomic mass is 9.99. The molecule has 3 aromatic rings. The maximum absolute atomic E-state index is 10.9. The molecule has 1 aliphatic rings. The first-order chi connectivity index (χ1) is 14.0. The second kappa shape index (κ2) is 8.37. The van der Waals surface area contributed by atoms with E-state index in [9.17, 15) is 10.1 Å². The van der Waals surface area contributed by atoms with Crippen molar-refractivity contribution in [1.82, 2.24) is 9.88 Å². The smallest absolute Gasteiger partial charge is 0.272 e. The van der Waals surface area contributed by atoms with E-state index in [1.165, 1.54) is 28.8 Å². The van der Waals surface area contributed by atoms with E-state index < -0.39 is 4.92 Å². The quantitative estimate of drug-likeness (QED) is 0.387. The van der Waals surface area contributed by atoms with Crippen molar-refractivity contribution in [3.63, 3.8) is 0 Å². The van der Waals surface area contributed by atoms with Gasteiger partial charge in [-0.15, -0.1) is 0 Å². The van der Waals surface area contributed by atoms with Crippen LogP contribution in [0, 0.1) is 10.1 Å². The van der Waals surface area contributed by atoms with E-state index in [1.807, 2.05) is 42.7 Å². The number of halogens is 2. The average Bonchev–Trinajstić information content (AvgIpc) is 2.71. The lowest BCUT2D eigenvalue weighted by Crippen LogP contribution is -2.30. The molecule has 0 fully saturated rings. The van der Waals surface area contributed by atoms with E-state index in [1.54, 1.807) is 0 Å². The summed E-state index contributed by atoms with van der Waals surface area (Å²) in [5, 5.41) is 11.1. The molecule has 2 heterocycles. The first kappa shape index (κ1) is 19.6. The zero-order valence-corrected chi connectivity index (χ0v) is 16.9. The fraction of sp³-hybridized carbons (Fsp3) is 0.190. The Morgan fingerprint density at radius 1 is 1.07 bits per heavy atom. The SMILES string of the molecule is O=[N+]([O-])c1cc(Cl)c(Oc2ccc3c(c2)CCN(Cc2ccncc2)C3)c(Cl)c1. The van der Waals surface area contributed by atoms with Gasteiger partial charge in [-0.05, 0) is 47.4 Å². The minimum atomic E-state index is -0.544. The van der Waals surface area contributed by atoms with Crippen LogP contribution in [0.3, 0.4) is 0 Å². The van der Waals surface area contributed by atoms with Crippen LogP contribution in [0.5, 0.6) is 11.5 Å². The van der Waals surface area contributed by atoms with Gasteiger partial charge in [0.2, 0.25) is 0 Å². The Balaban J connectivity index is 1.49. The fourth-order valence-corrected chi connectivity index (χ4v) is 3.95. The zero-order chi connectivity index (χ0) is 20.4. The number of pyridine rings is 1. The number of benzene rings is 2. The molecule has 0 N–H and O–H groups in total. The number of aromatic nitrogens is 1. The summed E-state index contributed by atoms with van der Waals surface area (Å²) in [7, 11) is 0. The van der Waals surface area contributed by atoms with Gasteiger partial charge in [0.15, 0.2) is 5.75 Å². The third kappa shape index (κ3) is 4.50. The largest absolute Gasteiger partial charge is 0.454 e. The number of fused-ring (bicyclic) bond motifs is 1. The maximum atomic E-state index is 10.9. The highest BCUT2D eigenvalue weighted by Crippen LogP contribution is 2.40. The molecule has 0 amide bonds. The zero-order valence-electron chi connectivity index (χ0n) is 15.3. The Hall–Kier alpha value is -2.67. The van der Waals surface area contributed by atoms with Gasteiger partial charge in [0, 0.05) is 44.2 Å². The molecule has 0 atom stereocenters. The highest BCUT2D eigenvalue weighted by atomic mass is 35.5. The molecule has 0 bridgehead atoms. The van der Waals surface area contributed by atoms with E-state index in [2.05, 4.69) is 9.88 Å². The molecular formula is C21H17Cl2N3O3. The van der Waals surface area contributed by atoms with Crippen molar-refractivity contribution in [3.05, 3.63) is 91.7 Å². The van der Waals surface area contributed by atoms with Crippen molar-refractivity contribution in [2.45, 2.75) is 19.5 Å². The minimum absolute atomic E-state index is 0.102. The molecule has 0 radical (unpaired) electrons. The molecule has 0 saturated carbocycles. The van der Waals surface area contributed by atoms with E-state index in [0.717, 1.165) is 26.1 Å². The number of rotatable bonds is 5. The van der Waals surface area contributed by atoms with E-state index in [4.69, 9.17) is 27.9 Å². The number of non-ortho nitro benzene ring substituents is 1. The summed E-state index contributed by atoms with van der Waals surface area (Å²) in [6.07, 6.45) is 4.52. The van der Waals surface area contributed by atoms with Gasteiger partial charge in [0.1, 0.15) is 5.75 Å². The van der Waals surface area contributed by atoms with Gasteiger partial charge < -0.3 is 4.74 Å². The number of hydrogen-bond acceptors (Lipinski definition) is 5. The summed E-state index contributed by atoms with van der Waals surface area (Å²) in [5.41, 5.74) is 3.53. The molecule has 0 saturated heterocycles. The summed E-state index contributed by atoms with van der Waals surface area (Å²) in [6.45, 7) is 2.68. The van der Waals surface area contributed by atoms with Crippen molar-refractivity contribution in [3.8, 4) is 11.5 Å². The number of nitro benzene ring substituents is 1. The topological polar surface area (TPSA) is 68.5 Å². The lowest BCUT2D eigenvalue weighted by Gasteiger charge is -2.29. The van der Waals surface area contributed by atoms with Crippen LogP contribution in [0.4, 0.5) is 5.69 Å². The number of nitrogens with zero attached hydrogens (tertiary/aromatic N) is 3. The molecule has 6 nitrogen and oxygen atoms in total. The van der Waals surface area contributed by atoms with Crippen LogP contribution >= 0.6 is 23.2 Å². The standard InChI is InChI=1S/C21H17Cl2N3O3/c22-19-10-17(26(27)28)11-20(23)21(19)29-18-2-1-16-13-25(8-5-15(16)9-18)12-14-3-6-24-7-4-14/h1-4,6-7,9-11H,5,8,12-13H2. The highest BCUT2D eigenvalue weighted by molar-refractivity contribution is 6.37. The van der Waals surface area contributed by atoms with Gasteiger partial charge in [-0.25, -0.2) is 0 Å². The molecular weight excluding hydrogens is 413 g/mol. The third-order valence-electron chi connectivity index (χ3n) is 4.84. The van der Waals surface area contributed by atoms with Crippen LogP contribution in [-0.4, -0.2) is 21.4 Å². The van der Waals surface area contributed by atoms with Gasteiger partial charge in [-0.3, -0.25) is 20.0 Å².